The summed E-state index contributed by atoms with van der Waals surface area (Å²) in [5, 5.41) is 14.4. The molecule has 1 aliphatic rings. The lowest BCUT2D eigenvalue weighted by molar-refractivity contribution is -0.117. The van der Waals surface area contributed by atoms with E-state index in [4.69, 9.17) is 16.7 Å². The third-order valence-corrected chi connectivity index (χ3v) is 2.24. The van der Waals surface area contributed by atoms with Crippen molar-refractivity contribution in [1.82, 2.24) is 9.97 Å². The molecule has 3 N–H and O–H groups in total. The molecule has 7 heteroatoms. The Morgan fingerprint density at radius 2 is 2.40 bits per heavy atom. The van der Waals surface area contributed by atoms with Crippen LogP contribution in [0.3, 0.4) is 0 Å². The first-order valence-electron chi connectivity index (χ1n) is 4.41. The van der Waals surface area contributed by atoms with Gasteiger partial charge in [0.25, 0.3) is 0 Å². The van der Waals surface area contributed by atoms with E-state index in [1.165, 1.54) is 6.20 Å². The molecule has 1 aromatic rings. The van der Waals surface area contributed by atoms with Crippen molar-refractivity contribution in [3.05, 3.63) is 11.5 Å². The Labute approximate surface area is 90.7 Å². The van der Waals surface area contributed by atoms with Crippen LogP contribution in [0.4, 0.5) is 11.5 Å². The topological polar surface area (TPSA) is 87.1 Å². The van der Waals surface area contributed by atoms with Crippen LogP contribution in [-0.4, -0.2) is 33.6 Å². The highest BCUT2D eigenvalue weighted by atomic mass is 35.5. The van der Waals surface area contributed by atoms with E-state index in [-0.39, 0.29) is 17.8 Å². The molecule has 80 valence electrons. The largest absolute Gasteiger partial charge is 0.396 e. The van der Waals surface area contributed by atoms with Crippen molar-refractivity contribution in [3.8, 4) is 0 Å². The van der Waals surface area contributed by atoms with Crippen LogP contribution >= 0.6 is 11.6 Å². The van der Waals surface area contributed by atoms with Gasteiger partial charge in [-0.05, 0) is 18.0 Å². The second-order valence-corrected chi connectivity index (χ2v) is 3.44. The Morgan fingerprint density at radius 1 is 1.60 bits per heavy atom. The van der Waals surface area contributed by atoms with Gasteiger partial charge in [-0.1, -0.05) is 0 Å². The molecule has 0 aromatic carbocycles. The molecule has 1 atom stereocenters. The van der Waals surface area contributed by atoms with Crippen molar-refractivity contribution >= 4 is 29.0 Å². The van der Waals surface area contributed by atoms with Crippen molar-refractivity contribution < 1.29 is 9.90 Å². The van der Waals surface area contributed by atoms with Crippen molar-refractivity contribution in [2.75, 3.05) is 17.2 Å². The molecule has 0 spiro atoms. The normalized spacial score (nSPS) is 19.1. The minimum Gasteiger partial charge on any atom is -0.396 e. The number of rotatable bonds is 2. The molecule has 0 saturated heterocycles. The van der Waals surface area contributed by atoms with Gasteiger partial charge in [-0.15, -0.1) is 0 Å². The van der Waals surface area contributed by atoms with Crippen molar-refractivity contribution in [2.45, 2.75) is 12.5 Å². The number of aromatic nitrogens is 2. The highest BCUT2D eigenvalue weighted by Gasteiger charge is 2.26. The summed E-state index contributed by atoms with van der Waals surface area (Å²) >= 11 is 5.61. The van der Waals surface area contributed by atoms with Gasteiger partial charge in [-0.25, -0.2) is 4.98 Å². The predicted molar refractivity (Wildman–Crippen MR) is 54.8 cm³/mol. The summed E-state index contributed by atoms with van der Waals surface area (Å²) < 4.78 is 0. The van der Waals surface area contributed by atoms with E-state index in [1.807, 2.05) is 0 Å². The van der Waals surface area contributed by atoms with Crippen LogP contribution in [-0.2, 0) is 4.79 Å². The van der Waals surface area contributed by atoms with Gasteiger partial charge < -0.3 is 15.7 Å². The molecule has 2 heterocycles. The lowest BCUT2D eigenvalue weighted by atomic mass is 10.1. The van der Waals surface area contributed by atoms with Crippen LogP contribution in [0, 0.1) is 0 Å². The van der Waals surface area contributed by atoms with Gasteiger partial charge in [0.1, 0.15) is 11.7 Å². The Balaban J connectivity index is 2.26. The molecule has 0 fully saturated rings. The minimum atomic E-state index is -0.478. The van der Waals surface area contributed by atoms with E-state index < -0.39 is 6.04 Å². The lowest BCUT2D eigenvalue weighted by Crippen LogP contribution is -2.39. The Morgan fingerprint density at radius 3 is 3.13 bits per heavy atom. The fourth-order valence-corrected chi connectivity index (χ4v) is 1.48. The first kappa shape index (κ1) is 10.1. The quantitative estimate of drug-likeness (QED) is 0.632. The van der Waals surface area contributed by atoms with Crippen LogP contribution < -0.4 is 10.6 Å². The first-order valence-corrected chi connectivity index (χ1v) is 4.79. The predicted octanol–water partition coefficient (Wildman–Crippen LogP) is 0.245. The van der Waals surface area contributed by atoms with Crippen LogP contribution in [0.5, 0.6) is 0 Å². The highest BCUT2D eigenvalue weighted by molar-refractivity contribution is 6.28. The zero-order valence-corrected chi connectivity index (χ0v) is 8.45. The molecule has 1 aromatic heterocycles. The van der Waals surface area contributed by atoms with Crippen LogP contribution in [0.1, 0.15) is 6.42 Å². The second kappa shape index (κ2) is 4.00. The van der Waals surface area contributed by atoms with E-state index >= 15 is 0 Å². The van der Waals surface area contributed by atoms with Crippen molar-refractivity contribution in [2.24, 2.45) is 0 Å². The van der Waals surface area contributed by atoms with Crippen molar-refractivity contribution in [1.29, 1.82) is 0 Å². The number of hydrogen-bond donors (Lipinski definition) is 3. The standard InChI is InChI=1S/C8H9ClN4O2/c9-8-10-3-5-6(13-8)11-4(1-2-14)7(15)12-5/h3-4,14H,1-2H2,(H,12,15)(H,10,11,13)/t4-/m0/s1. The number of hydrogen-bond acceptors (Lipinski definition) is 5. The number of nitrogens with one attached hydrogen (secondary N) is 2. The van der Waals surface area contributed by atoms with Gasteiger partial charge in [-0.3, -0.25) is 4.79 Å². The molecule has 0 aliphatic carbocycles. The van der Waals surface area contributed by atoms with E-state index in [2.05, 4.69) is 20.6 Å². The summed E-state index contributed by atoms with van der Waals surface area (Å²) in [5.41, 5.74) is 0.499. The monoisotopic (exact) mass is 228 g/mol. The third-order valence-electron chi connectivity index (χ3n) is 2.06. The summed E-state index contributed by atoms with van der Waals surface area (Å²) in [6.07, 6.45) is 1.76. The van der Waals surface area contributed by atoms with Crippen molar-refractivity contribution in [3.63, 3.8) is 0 Å². The van der Waals surface area contributed by atoms with Gasteiger partial charge in [0.15, 0.2) is 5.82 Å². The molecule has 1 aliphatic heterocycles. The number of nitrogens with zero attached hydrogens (tertiary/aromatic N) is 2. The van der Waals surface area contributed by atoms with E-state index in [0.29, 0.717) is 17.9 Å². The summed E-state index contributed by atoms with van der Waals surface area (Å²) in [5.74, 6) is 0.274. The number of carbonyl (C=O) groups is 1. The maximum absolute atomic E-state index is 11.5. The van der Waals surface area contributed by atoms with E-state index in [1.54, 1.807) is 0 Å². The number of carbonyl (C=O) groups excluding carboxylic acids is 1. The number of aliphatic hydroxyl groups is 1. The summed E-state index contributed by atoms with van der Waals surface area (Å²) in [6.45, 7) is -0.0702. The van der Waals surface area contributed by atoms with Gasteiger partial charge in [-0.2, -0.15) is 4.98 Å². The van der Waals surface area contributed by atoms with Crippen LogP contribution in [0.25, 0.3) is 0 Å². The summed E-state index contributed by atoms with van der Waals surface area (Å²) in [6, 6.07) is -0.478. The fourth-order valence-electron chi connectivity index (χ4n) is 1.34. The van der Waals surface area contributed by atoms with Gasteiger partial charge in [0.2, 0.25) is 11.2 Å². The third kappa shape index (κ3) is 2.00. The summed E-state index contributed by atoms with van der Waals surface area (Å²) in [7, 11) is 0. The van der Waals surface area contributed by atoms with Crippen LogP contribution in [0.2, 0.25) is 5.28 Å². The number of amides is 1. The van der Waals surface area contributed by atoms with Gasteiger partial charge in [0, 0.05) is 6.61 Å². The molecular weight excluding hydrogens is 220 g/mol. The maximum Gasteiger partial charge on any atom is 0.247 e. The number of fused-ring (bicyclic) bond motifs is 1. The molecule has 2 rings (SSSR count). The molecule has 6 nitrogen and oxygen atoms in total. The number of anilines is 2. The molecule has 0 radical (unpaired) electrons. The smallest absolute Gasteiger partial charge is 0.247 e. The highest BCUT2D eigenvalue weighted by Crippen LogP contribution is 2.25. The molecule has 0 saturated carbocycles. The first-order chi connectivity index (χ1) is 7.20. The van der Waals surface area contributed by atoms with Gasteiger partial charge >= 0.3 is 0 Å². The van der Waals surface area contributed by atoms with E-state index in [9.17, 15) is 4.79 Å². The minimum absolute atomic E-state index is 0.0702. The number of aliphatic hydroxyl groups excluding tert-OH is 1. The van der Waals surface area contributed by atoms with E-state index in [0.717, 1.165) is 0 Å². The maximum atomic E-state index is 11.5. The second-order valence-electron chi connectivity index (χ2n) is 3.10. The van der Waals surface area contributed by atoms with Crippen LogP contribution in [0.15, 0.2) is 6.20 Å². The Kier molecular flexibility index (Phi) is 2.70. The molecule has 0 bridgehead atoms. The molecule has 15 heavy (non-hydrogen) atoms. The Bertz CT molecular complexity index is 398. The molecule has 1 amide bonds. The zero-order chi connectivity index (χ0) is 10.8. The molecule has 0 unspecified atom stereocenters. The summed E-state index contributed by atoms with van der Waals surface area (Å²) in [4.78, 5) is 19.1. The average molecular weight is 229 g/mol. The molecular formula is C8H9ClN4O2. The van der Waals surface area contributed by atoms with Gasteiger partial charge in [0.05, 0.1) is 6.20 Å². The zero-order valence-electron chi connectivity index (χ0n) is 7.70. The lowest BCUT2D eigenvalue weighted by Gasteiger charge is -2.24. The fraction of sp³-hybridized carbons (Fsp3) is 0.375. The number of halogens is 1. The Hall–Kier alpha value is -1.40. The average Bonchev–Trinajstić information content (AvgIpc) is 2.20. The SMILES string of the molecule is O=C1Nc2cnc(Cl)nc2N[C@H]1CCO.